The molecule has 1 aliphatic heterocycles. The summed E-state index contributed by atoms with van der Waals surface area (Å²) in [5.74, 6) is 0.574. The second kappa shape index (κ2) is 9.23. The number of nitrogens with zero attached hydrogens (tertiary/aromatic N) is 3. The second-order valence-electron chi connectivity index (χ2n) is 7.64. The Bertz CT molecular complexity index is 1050. The minimum Gasteiger partial charge on any atom is -0.354 e. The van der Waals surface area contributed by atoms with Crippen molar-refractivity contribution < 1.29 is 4.79 Å². The monoisotopic (exact) mass is 396 g/mol. The number of anilines is 2. The van der Waals surface area contributed by atoms with Gasteiger partial charge < -0.3 is 10.2 Å². The molecule has 0 aliphatic carbocycles. The Morgan fingerprint density at radius 3 is 2.57 bits per heavy atom. The third-order valence-corrected chi connectivity index (χ3v) is 5.57. The van der Waals surface area contributed by atoms with Crippen molar-refractivity contribution in [3.8, 4) is 6.07 Å². The number of amides is 1. The largest absolute Gasteiger partial charge is 0.354 e. The summed E-state index contributed by atoms with van der Waals surface area (Å²) in [6, 6.07) is 23.6. The van der Waals surface area contributed by atoms with Gasteiger partial charge in [0.05, 0.1) is 11.3 Å². The van der Waals surface area contributed by atoms with Gasteiger partial charge in [0.1, 0.15) is 11.8 Å². The molecule has 1 N–H and O–H groups in total. The number of benzene rings is 2. The Balaban J connectivity index is 1.38. The number of rotatable bonds is 5. The van der Waals surface area contributed by atoms with Gasteiger partial charge in [0.2, 0.25) is 0 Å². The van der Waals surface area contributed by atoms with Gasteiger partial charge in [-0.2, -0.15) is 5.26 Å². The highest BCUT2D eigenvalue weighted by molar-refractivity contribution is 5.93. The first-order valence-electron chi connectivity index (χ1n) is 10.3. The van der Waals surface area contributed by atoms with Crippen molar-refractivity contribution in [2.24, 2.45) is 5.92 Å². The average molecular weight is 396 g/mol. The van der Waals surface area contributed by atoms with E-state index in [1.165, 1.54) is 5.56 Å². The van der Waals surface area contributed by atoms with E-state index in [4.69, 9.17) is 0 Å². The first-order valence-corrected chi connectivity index (χ1v) is 10.3. The van der Waals surface area contributed by atoms with Crippen LogP contribution in [0.15, 0.2) is 72.9 Å². The zero-order chi connectivity index (χ0) is 20.8. The van der Waals surface area contributed by atoms with Gasteiger partial charge in [-0.1, -0.05) is 42.5 Å². The Kier molecular flexibility index (Phi) is 6.05. The number of nitriles is 1. The van der Waals surface area contributed by atoms with Gasteiger partial charge in [0.15, 0.2) is 0 Å². The van der Waals surface area contributed by atoms with Crippen LogP contribution in [-0.2, 0) is 6.42 Å². The summed E-state index contributed by atoms with van der Waals surface area (Å²) in [7, 11) is 0. The average Bonchev–Trinajstić information content (AvgIpc) is 2.80. The molecule has 150 valence electrons. The Morgan fingerprint density at radius 1 is 1.07 bits per heavy atom. The van der Waals surface area contributed by atoms with Crippen LogP contribution in [0, 0.1) is 17.2 Å². The molecule has 0 atom stereocenters. The molecule has 30 heavy (non-hydrogen) atoms. The van der Waals surface area contributed by atoms with E-state index in [2.05, 4.69) is 40.6 Å². The molecule has 0 unspecified atom stereocenters. The van der Waals surface area contributed by atoms with Crippen LogP contribution in [0.25, 0.3) is 0 Å². The number of pyridine rings is 1. The molecule has 2 heterocycles. The van der Waals surface area contributed by atoms with E-state index in [0.29, 0.717) is 22.9 Å². The van der Waals surface area contributed by atoms with Crippen molar-refractivity contribution in [1.29, 1.82) is 5.26 Å². The van der Waals surface area contributed by atoms with Crippen LogP contribution in [0.5, 0.6) is 0 Å². The molecule has 1 aliphatic rings. The Hall–Kier alpha value is -3.65. The zero-order valence-corrected chi connectivity index (χ0v) is 16.8. The van der Waals surface area contributed by atoms with E-state index >= 15 is 0 Å². The third-order valence-electron chi connectivity index (χ3n) is 5.57. The van der Waals surface area contributed by atoms with Crippen molar-refractivity contribution >= 4 is 17.3 Å². The SMILES string of the molecule is N#Cc1ccccc1Nc1ccnc(C(=O)N2CCC(Cc3ccccc3)CC2)c1. The molecule has 3 aromatic rings. The fraction of sp³-hybridized carbons (Fsp3) is 0.240. The van der Waals surface area contributed by atoms with Crippen LogP contribution < -0.4 is 5.32 Å². The van der Waals surface area contributed by atoms with Crippen molar-refractivity contribution in [2.75, 3.05) is 18.4 Å². The molecule has 0 radical (unpaired) electrons. The lowest BCUT2D eigenvalue weighted by molar-refractivity contribution is 0.0684. The minimum absolute atomic E-state index is 0.0367. The number of para-hydroxylation sites is 1. The summed E-state index contributed by atoms with van der Waals surface area (Å²) in [6.45, 7) is 1.51. The number of carbonyl (C=O) groups excluding carboxylic acids is 1. The molecule has 0 bridgehead atoms. The van der Waals surface area contributed by atoms with Crippen molar-refractivity contribution in [2.45, 2.75) is 19.3 Å². The molecule has 1 aromatic heterocycles. The van der Waals surface area contributed by atoms with Gasteiger partial charge in [-0.05, 0) is 55.0 Å². The van der Waals surface area contributed by atoms with E-state index in [1.54, 1.807) is 24.4 Å². The molecular formula is C25H24N4O. The summed E-state index contributed by atoms with van der Waals surface area (Å²) < 4.78 is 0. The molecular weight excluding hydrogens is 372 g/mol. The van der Waals surface area contributed by atoms with E-state index < -0.39 is 0 Å². The minimum atomic E-state index is -0.0367. The van der Waals surface area contributed by atoms with Crippen LogP contribution in [0.3, 0.4) is 0 Å². The number of aromatic nitrogens is 1. The van der Waals surface area contributed by atoms with Crippen LogP contribution in [0.2, 0.25) is 0 Å². The normalized spacial score (nSPS) is 14.2. The molecule has 1 saturated heterocycles. The topological polar surface area (TPSA) is 69.0 Å². The molecule has 0 spiro atoms. The number of hydrogen-bond acceptors (Lipinski definition) is 4. The molecule has 1 amide bonds. The van der Waals surface area contributed by atoms with Gasteiger partial charge in [-0.3, -0.25) is 9.78 Å². The maximum Gasteiger partial charge on any atom is 0.272 e. The highest BCUT2D eigenvalue weighted by Gasteiger charge is 2.24. The Morgan fingerprint density at radius 2 is 1.80 bits per heavy atom. The van der Waals surface area contributed by atoms with E-state index in [-0.39, 0.29) is 5.91 Å². The maximum absolute atomic E-state index is 13.0. The van der Waals surface area contributed by atoms with Gasteiger partial charge in [0.25, 0.3) is 5.91 Å². The van der Waals surface area contributed by atoms with E-state index in [1.807, 2.05) is 29.2 Å². The zero-order valence-electron chi connectivity index (χ0n) is 16.8. The highest BCUT2D eigenvalue weighted by Crippen LogP contribution is 2.24. The maximum atomic E-state index is 13.0. The summed E-state index contributed by atoms with van der Waals surface area (Å²) in [5.41, 5.74) is 3.81. The lowest BCUT2D eigenvalue weighted by Gasteiger charge is -2.32. The molecule has 0 saturated carbocycles. The summed E-state index contributed by atoms with van der Waals surface area (Å²) >= 11 is 0. The predicted molar refractivity (Wildman–Crippen MR) is 117 cm³/mol. The van der Waals surface area contributed by atoms with Gasteiger partial charge in [-0.25, -0.2) is 0 Å². The number of carbonyl (C=O) groups is 1. The predicted octanol–water partition coefficient (Wildman–Crippen LogP) is 4.79. The summed E-state index contributed by atoms with van der Waals surface area (Å²) in [5, 5.41) is 12.5. The summed E-state index contributed by atoms with van der Waals surface area (Å²) in [6.07, 6.45) is 4.72. The first-order chi connectivity index (χ1) is 14.7. The number of piperidine rings is 1. The highest BCUT2D eigenvalue weighted by atomic mass is 16.2. The third kappa shape index (κ3) is 4.66. The smallest absolute Gasteiger partial charge is 0.272 e. The Labute approximate surface area is 177 Å². The van der Waals surface area contributed by atoms with Crippen molar-refractivity contribution in [1.82, 2.24) is 9.88 Å². The lowest BCUT2D eigenvalue weighted by Crippen LogP contribution is -2.39. The van der Waals surface area contributed by atoms with Crippen molar-refractivity contribution in [3.05, 3.63) is 89.7 Å². The second-order valence-corrected chi connectivity index (χ2v) is 7.64. The number of likely N-dealkylation sites (tertiary alicyclic amines) is 1. The van der Waals surface area contributed by atoms with Crippen molar-refractivity contribution in [3.63, 3.8) is 0 Å². The molecule has 4 rings (SSSR count). The van der Waals surface area contributed by atoms with Gasteiger partial charge in [-0.15, -0.1) is 0 Å². The fourth-order valence-electron chi connectivity index (χ4n) is 3.92. The standard InChI is InChI=1S/C25H24N4O/c26-18-21-8-4-5-9-23(21)28-22-10-13-27-24(17-22)25(30)29-14-11-20(12-15-29)16-19-6-2-1-3-7-19/h1-10,13,17,20H,11-12,14-16H2,(H,27,28). The molecule has 1 fully saturated rings. The van der Waals surface area contributed by atoms with E-state index in [0.717, 1.165) is 38.0 Å². The first kappa shape index (κ1) is 19.7. The van der Waals surface area contributed by atoms with Crippen LogP contribution >= 0.6 is 0 Å². The van der Waals surface area contributed by atoms with Gasteiger partial charge >= 0.3 is 0 Å². The number of nitrogens with one attached hydrogen (secondary N) is 1. The van der Waals surface area contributed by atoms with Crippen LogP contribution in [-0.4, -0.2) is 28.9 Å². The number of hydrogen-bond donors (Lipinski definition) is 1. The van der Waals surface area contributed by atoms with Crippen LogP contribution in [0.1, 0.15) is 34.5 Å². The fourth-order valence-corrected chi connectivity index (χ4v) is 3.92. The molecule has 5 heteroatoms. The molecule has 5 nitrogen and oxygen atoms in total. The molecule has 2 aromatic carbocycles. The summed E-state index contributed by atoms with van der Waals surface area (Å²) in [4.78, 5) is 19.2. The lowest BCUT2D eigenvalue weighted by atomic mass is 9.90. The van der Waals surface area contributed by atoms with Crippen LogP contribution in [0.4, 0.5) is 11.4 Å². The van der Waals surface area contributed by atoms with Gasteiger partial charge in [0, 0.05) is 25.0 Å². The quantitative estimate of drug-likeness (QED) is 0.673. The van der Waals surface area contributed by atoms with E-state index in [9.17, 15) is 10.1 Å².